The smallest absolute Gasteiger partial charge is 0.118 e. The van der Waals surface area contributed by atoms with E-state index in [1.165, 1.54) is 0 Å². The number of aliphatic hydroxyl groups excluding tert-OH is 1. The second-order valence-corrected chi connectivity index (χ2v) is 3.00. The SMILES string of the molecule is COc1ccc(C=C=C(C)CO)cc1. The zero-order chi connectivity index (χ0) is 10.4. The van der Waals surface area contributed by atoms with Gasteiger partial charge in [0.05, 0.1) is 13.7 Å². The van der Waals surface area contributed by atoms with Gasteiger partial charge in [-0.05, 0) is 36.3 Å². The molecule has 1 aromatic rings. The molecule has 1 N–H and O–H groups in total. The molecular weight excluding hydrogens is 176 g/mol. The molecule has 0 radical (unpaired) electrons. The van der Waals surface area contributed by atoms with Crippen LogP contribution in [0.25, 0.3) is 6.08 Å². The summed E-state index contributed by atoms with van der Waals surface area (Å²) < 4.78 is 5.04. The number of hydrogen-bond donors (Lipinski definition) is 1. The van der Waals surface area contributed by atoms with Crippen LogP contribution >= 0.6 is 0 Å². The van der Waals surface area contributed by atoms with Crippen LogP contribution in [0.4, 0.5) is 0 Å². The predicted octanol–water partition coefficient (Wildman–Crippen LogP) is 2.25. The third-order valence-electron chi connectivity index (χ3n) is 1.84. The van der Waals surface area contributed by atoms with E-state index in [0.717, 1.165) is 16.9 Å². The molecule has 0 fully saturated rings. The Labute approximate surface area is 84.1 Å². The van der Waals surface area contributed by atoms with Gasteiger partial charge in [0.2, 0.25) is 0 Å². The largest absolute Gasteiger partial charge is 0.497 e. The zero-order valence-electron chi connectivity index (χ0n) is 8.45. The van der Waals surface area contributed by atoms with Crippen LogP contribution in [0, 0.1) is 0 Å². The Hall–Kier alpha value is -1.50. The van der Waals surface area contributed by atoms with E-state index in [2.05, 4.69) is 5.73 Å². The molecule has 0 amide bonds. The molecule has 2 heteroatoms. The maximum atomic E-state index is 8.76. The van der Waals surface area contributed by atoms with Crippen LogP contribution in [0.1, 0.15) is 12.5 Å². The minimum absolute atomic E-state index is 0.0483. The molecule has 0 heterocycles. The molecule has 14 heavy (non-hydrogen) atoms. The van der Waals surface area contributed by atoms with E-state index in [1.54, 1.807) is 7.11 Å². The van der Waals surface area contributed by atoms with Crippen LogP contribution in [-0.4, -0.2) is 18.8 Å². The second kappa shape index (κ2) is 5.28. The third-order valence-corrected chi connectivity index (χ3v) is 1.84. The Bertz CT molecular complexity index is 343. The van der Waals surface area contributed by atoms with Gasteiger partial charge in [-0.2, -0.15) is 0 Å². The fourth-order valence-corrected chi connectivity index (χ4v) is 0.952. The molecule has 0 aliphatic rings. The molecule has 2 nitrogen and oxygen atoms in total. The van der Waals surface area contributed by atoms with Gasteiger partial charge in [0.25, 0.3) is 0 Å². The zero-order valence-corrected chi connectivity index (χ0v) is 8.45. The first kappa shape index (κ1) is 10.6. The van der Waals surface area contributed by atoms with Gasteiger partial charge in [-0.1, -0.05) is 12.1 Å². The summed E-state index contributed by atoms with van der Waals surface area (Å²) in [4.78, 5) is 0. The lowest BCUT2D eigenvalue weighted by atomic mass is 10.2. The van der Waals surface area contributed by atoms with E-state index < -0.39 is 0 Å². The van der Waals surface area contributed by atoms with Crippen LogP contribution in [0.2, 0.25) is 0 Å². The van der Waals surface area contributed by atoms with E-state index in [1.807, 2.05) is 37.3 Å². The first-order valence-electron chi connectivity index (χ1n) is 4.43. The highest BCUT2D eigenvalue weighted by Gasteiger charge is 1.89. The number of benzene rings is 1. The summed E-state index contributed by atoms with van der Waals surface area (Å²) in [6, 6.07) is 7.66. The lowest BCUT2D eigenvalue weighted by Crippen LogP contribution is -1.82. The average Bonchev–Trinajstić information content (AvgIpc) is 2.26. The summed E-state index contributed by atoms with van der Waals surface area (Å²) in [6.07, 6.45) is 1.84. The molecule has 0 saturated carbocycles. The standard InChI is InChI=1S/C12H14O2/c1-10(9-13)3-4-11-5-7-12(14-2)8-6-11/h4-8,13H,9H2,1-2H3. The van der Waals surface area contributed by atoms with Gasteiger partial charge in [0.1, 0.15) is 5.75 Å². The molecule has 0 aromatic heterocycles. The Morgan fingerprint density at radius 2 is 2.07 bits per heavy atom. The summed E-state index contributed by atoms with van der Waals surface area (Å²) in [7, 11) is 1.64. The highest BCUT2D eigenvalue weighted by Crippen LogP contribution is 2.11. The van der Waals surface area contributed by atoms with E-state index in [4.69, 9.17) is 9.84 Å². The molecule has 0 aliphatic carbocycles. The highest BCUT2D eigenvalue weighted by molar-refractivity contribution is 5.50. The van der Waals surface area contributed by atoms with Crippen molar-refractivity contribution in [1.29, 1.82) is 0 Å². The summed E-state index contributed by atoms with van der Waals surface area (Å²) in [5.74, 6) is 0.838. The van der Waals surface area contributed by atoms with Crippen LogP contribution < -0.4 is 4.74 Å². The first-order valence-corrected chi connectivity index (χ1v) is 4.43. The quantitative estimate of drug-likeness (QED) is 0.741. The number of methoxy groups -OCH3 is 1. The monoisotopic (exact) mass is 190 g/mol. The van der Waals surface area contributed by atoms with Crippen LogP contribution in [0.15, 0.2) is 35.6 Å². The molecule has 0 saturated heterocycles. The highest BCUT2D eigenvalue weighted by atomic mass is 16.5. The molecule has 74 valence electrons. The minimum atomic E-state index is 0.0483. The molecule has 0 spiro atoms. The fraction of sp³-hybridized carbons (Fsp3) is 0.250. The van der Waals surface area contributed by atoms with E-state index in [0.29, 0.717) is 0 Å². The lowest BCUT2D eigenvalue weighted by molar-refractivity contribution is 0.332. The second-order valence-electron chi connectivity index (χ2n) is 3.00. The molecule has 0 atom stereocenters. The van der Waals surface area contributed by atoms with Crippen molar-refractivity contribution in [3.63, 3.8) is 0 Å². The van der Waals surface area contributed by atoms with E-state index >= 15 is 0 Å². The Morgan fingerprint density at radius 1 is 1.43 bits per heavy atom. The van der Waals surface area contributed by atoms with Crippen molar-refractivity contribution in [2.24, 2.45) is 0 Å². The number of ether oxygens (including phenoxy) is 1. The van der Waals surface area contributed by atoms with Crippen molar-refractivity contribution in [1.82, 2.24) is 0 Å². The van der Waals surface area contributed by atoms with Crippen LogP contribution in [-0.2, 0) is 0 Å². The Morgan fingerprint density at radius 3 is 2.57 bits per heavy atom. The summed E-state index contributed by atoms with van der Waals surface area (Å²) >= 11 is 0. The lowest BCUT2D eigenvalue weighted by Gasteiger charge is -1.98. The normalized spacial score (nSPS) is 9.07. The van der Waals surface area contributed by atoms with E-state index in [-0.39, 0.29) is 6.61 Å². The van der Waals surface area contributed by atoms with Gasteiger partial charge in [0.15, 0.2) is 0 Å². The molecular formula is C12H14O2. The van der Waals surface area contributed by atoms with Crippen molar-refractivity contribution >= 4 is 6.08 Å². The summed E-state index contributed by atoms with van der Waals surface area (Å²) in [5, 5.41) is 8.76. The topological polar surface area (TPSA) is 29.5 Å². The predicted molar refractivity (Wildman–Crippen MR) is 57.2 cm³/mol. The van der Waals surface area contributed by atoms with Crippen LogP contribution in [0.5, 0.6) is 5.75 Å². The van der Waals surface area contributed by atoms with Gasteiger partial charge < -0.3 is 9.84 Å². The summed E-state index contributed by atoms with van der Waals surface area (Å²) in [6.45, 7) is 1.88. The van der Waals surface area contributed by atoms with Crippen LogP contribution in [0.3, 0.4) is 0 Å². The summed E-state index contributed by atoms with van der Waals surface area (Å²) in [5.41, 5.74) is 4.85. The number of hydrogen-bond acceptors (Lipinski definition) is 2. The van der Waals surface area contributed by atoms with Crippen molar-refractivity contribution in [3.8, 4) is 5.75 Å². The molecule has 0 bridgehead atoms. The van der Waals surface area contributed by atoms with Gasteiger partial charge in [-0.15, -0.1) is 5.73 Å². The first-order chi connectivity index (χ1) is 6.76. The molecule has 1 aromatic carbocycles. The van der Waals surface area contributed by atoms with Crippen molar-refractivity contribution in [3.05, 3.63) is 41.1 Å². The van der Waals surface area contributed by atoms with Crippen molar-refractivity contribution in [2.75, 3.05) is 13.7 Å². The number of aliphatic hydroxyl groups is 1. The molecule has 0 aliphatic heterocycles. The minimum Gasteiger partial charge on any atom is -0.497 e. The van der Waals surface area contributed by atoms with Gasteiger partial charge >= 0.3 is 0 Å². The Kier molecular flexibility index (Phi) is 3.99. The van der Waals surface area contributed by atoms with E-state index in [9.17, 15) is 0 Å². The van der Waals surface area contributed by atoms with Crippen molar-refractivity contribution < 1.29 is 9.84 Å². The molecule has 0 unspecified atom stereocenters. The van der Waals surface area contributed by atoms with Gasteiger partial charge in [-0.25, -0.2) is 0 Å². The average molecular weight is 190 g/mol. The molecule has 1 rings (SSSR count). The van der Waals surface area contributed by atoms with Gasteiger partial charge in [-0.3, -0.25) is 0 Å². The Balaban J connectivity index is 2.83. The maximum absolute atomic E-state index is 8.76. The third kappa shape index (κ3) is 3.09. The maximum Gasteiger partial charge on any atom is 0.118 e. The number of rotatable bonds is 3. The fourth-order valence-electron chi connectivity index (χ4n) is 0.952. The van der Waals surface area contributed by atoms with Crippen molar-refractivity contribution in [2.45, 2.75) is 6.92 Å². The van der Waals surface area contributed by atoms with Gasteiger partial charge in [0, 0.05) is 0 Å².